The highest BCUT2D eigenvalue weighted by atomic mass is 16.5. The largest absolute Gasteiger partial charge is 0.492 e. The number of piperazine rings is 1. The first-order valence-corrected chi connectivity index (χ1v) is 7.83. The SMILES string of the molecule is Cc1ocnc1C(=O)N1CCN(CCOc2ccccc2)CC1. The molecule has 1 aliphatic rings. The first-order valence-electron chi connectivity index (χ1n) is 7.83. The monoisotopic (exact) mass is 315 g/mol. The van der Waals surface area contributed by atoms with Gasteiger partial charge in [-0.2, -0.15) is 0 Å². The van der Waals surface area contributed by atoms with E-state index in [2.05, 4.69) is 9.88 Å². The van der Waals surface area contributed by atoms with Gasteiger partial charge in [0.1, 0.15) is 18.1 Å². The predicted molar refractivity (Wildman–Crippen MR) is 85.5 cm³/mol. The van der Waals surface area contributed by atoms with Gasteiger partial charge >= 0.3 is 0 Å². The van der Waals surface area contributed by atoms with Crippen molar-refractivity contribution in [2.45, 2.75) is 6.92 Å². The Morgan fingerprint density at radius 3 is 2.61 bits per heavy atom. The molecule has 1 aromatic heterocycles. The van der Waals surface area contributed by atoms with E-state index < -0.39 is 0 Å². The van der Waals surface area contributed by atoms with Crippen LogP contribution in [0.2, 0.25) is 0 Å². The molecule has 1 aliphatic heterocycles. The lowest BCUT2D eigenvalue weighted by Gasteiger charge is -2.34. The molecule has 0 aliphatic carbocycles. The molecule has 0 spiro atoms. The standard InChI is InChI=1S/C17H21N3O3/c1-14-16(18-13-23-14)17(21)20-9-7-19(8-10-20)11-12-22-15-5-3-2-4-6-15/h2-6,13H,7-12H2,1H3. The van der Waals surface area contributed by atoms with Gasteiger partial charge in [-0.25, -0.2) is 4.98 Å². The molecule has 23 heavy (non-hydrogen) atoms. The summed E-state index contributed by atoms with van der Waals surface area (Å²) in [5, 5.41) is 0. The van der Waals surface area contributed by atoms with Crippen LogP contribution in [-0.4, -0.2) is 60.0 Å². The number of amides is 1. The molecule has 0 saturated carbocycles. The molecule has 0 bridgehead atoms. The molecule has 1 saturated heterocycles. The minimum atomic E-state index is -0.0450. The Labute approximate surface area is 135 Å². The Morgan fingerprint density at radius 2 is 1.96 bits per heavy atom. The van der Waals surface area contributed by atoms with E-state index in [1.54, 1.807) is 6.92 Å². The first kappa shape index (κ1) is 15.6. The Balaban J connectivity index is 1.42. The summed E-state index contributed by atoms with van der Waals surface area (Å²) in [7, 11) is 0. The van der Waals surface area contributed by atoms with Crippen molar-refractivity contribution >= 4 is 5.91 Å². The maximum absolute atomic E-state index is 12.3. The molecule has 0 radical (unpaired) electrons. The molecule has 0 N–H and O–H groups in total. The Hall–Kier alpha value is -2.34. The summed E-state index contributed by atoms with van der Waals surface area (Å²) in [6.07, 6.45) is 1.32. The number of para-hydroxylation sites is 1. The van der Waals surface area contributed by atoms with E-state index >= 15 is 0 Å². The average Bonchev–Trinajstić information content (AvgIpc) is 3.02. The minimum absolute atomic E-state index is 0.0450. The van der Waals surface area contributed by atoms with Crippen LogP contribution in [0, 0.1) is 6.92 Å². The van der Waals surface area contributed by atoms with Gasteiger partial charge in [-0.1, -0.05) is 18.2 Å². The van der Waals surface area contributed by atoms with Crippen molar-refractivity contribution in [3.63, 3.8) is 0 Å². The number of oxazole rings is 1. The predicted octanol–water partition coefficient (Wildman–Crippen LogP) is 1.82. The smallest absolute Gasteiger partial charge is 0.276 e. The molecular weight excluding hydrogens is 294 g/mol. The third kappa shape index (κ3) is 3.90. The number of carbonyl (C=O) groups is 1. The summed E-state index contributed by atoms with van der Waals surface area (Å²) >= 11 is 0. The van der Waals surface area contributed by atoms with Crippen molar-refractivity contribution in [3.8, 4) is 5.75 Å². The normalized spacial score (nSPS) is 15.6. The number of ether oxygens (including phenoxy) is 1. The van der Waals surface area contributed by atoms with E-state index in [-0.39, 0.29) is 5.91 Å². The van der Waals surface area contributed by atoms with E-state index in [9.17, 15) is 4.79 Å². The van der Waals surface area contributed by atoms with Crippen LogP contribution in [0.5, 0.6) is 5.75 Å². The summed E-state index contributed by atoms with van der Waals surface area (Å²) in [6, 6.07) is 9.81. The maximum Gasteiger partial charge on any atom is 0.276 e. The molecule has 3 rings (SSSR count). The number of hydrogen-bond acceptors (Lipinski definition) is 5. The van der Waals surface area contributed by atoms with Crippen molar-refractivity contribution in [2.24, 2.45) is 0 Å². The molecule has 6 nitrogen and oxygen atoms in total. The van der Waals surface area contributed by atoms with Crippen molar-refractivity contribution in [2.75, 3.05) is 39.3 Å². The fraction of sp³-hybridized carbons (Fsp3) is 0.412. The lowest BCUT2D eigenvalue weighted by atomic mass is 10.2. The molecule has 0 atom stereocenters. The van der Waals surface area contributed by atoms with Crippen molar-refractivity contribution in [1.29, 1.82) is 0 Å². The first-order chi connectivity index (χ1) is 11.2. The van der Waals surface area contributed by atoms with Crippen LogP contribution < -0.4 is 4.74 Å². The quantitative estimate of drug-likeness (QED) is 0.842. The number of aromatic nitrogens is 1. The summed E-state index contributed by atoms with van der Waals surface area (Å²) in [6.45, 7) is 6.38. The third-order valence-corrected chi connectivity index (χ3v) is 4.03. The number of nitrogens with zero attached hydrogens (tertiary/aromatic N) is 3. The Kier molecular flexibility index (Phi) is 4.92. The number of benzene rings is 1. The van der Waals surface area contributed by atoms with Gasteiger partial charge in [0.2, 0.25) is 0 Å². The zero-order valence-corrected chi connectivity index (χ0v) is 13.3. The van der Waals surface area contributed by atoms with E-state index in [4.69, 9.17) is 9.15 Å². The van der Waals surface area contributed by atoms with Gasteiger partial charge in [-0.05, 0) is 19.1 Å². The molecule has 2 heterocycles. The second-order valence-corrected chi connectivity index (χ2v) is 5.55. The van der Waals surface area contributed by atoms with Crippen molar-refractivity contribution in [1.82, 2.24) is 14.8 Å². The second kappa shape index (κ2) is 7.28. The second-order valence-electron chi connectivity index (χ2n) is 5.55. The summed E-state index contributed by atoms with van der Waals surface area (Å²) < 4.78 is 10.8. The highest BCUT2D eigenvalue weighted by molar-refractivity contribution is 5.93. The molecule has 122 valence electrons. The van der Waals surface area contributed by atoms with Gasteiger partial charge in [-0.3, -0.25) is 9.69 Å². The highest BCUT2D eigenvalue weighted by Gasteiger charge is 2.25. The van der Waals surface area contributed by atoms with Gasteiger partial charge < -0.3 is 14.1 Å². The minimum Gasteiger partial charge on any atom is -0.492 e. The maximum atomic E-state index is 12.3. The molecular formula is C17H21N3O3. The van der Waals surface area contributed by atoms with Gasteiger partial charge in [0.25, 0.3) is 5.91 Å². The van der Waals surface area contributed by atoms with Crippen LogP contribution in [-0.2, 0) is 0 Å². The van der Waals surface area contributed by atoms with Crippen LogP contribution in [0.1, 0.15) is 16.2 Å². The lowest BCUT2D eigenvalue weighted by Crippen LogP contribution is -2.49. The fourth-order valence-electron chi connectivity index (χ4n) is 2.64. The summed E-state index contributed by atoms with van der Waals surface area (Å²) in [4.78, 5) is 20.5. The Morgan fingerprint density at radius 1 is 1.22 bits per heavy atom. The molecule has 6 heteroatoms. The van der Waals surface area contributed by atoms with Crippen LogP contribution in [0.15, 0.2) is 41.1 Å². The number of carbonyl (C=O) groups excluding carboxylic acids is 1. The van der Waals surface area contributed by atoms with Gasteiger partial charge in [0, 0.05) is 32.7 Å². The topological polar surface area (TPSA) is 58.8 Å². The van der Waals surface area contributed by atoms with Crippen LogP contribution in [0.25, 0.3) is 0 Å². The van der Waals surface area contributed by atoms with Gasteiger partial charge in [-0.15, -0.1) is 0 Å². The van der Waals surface area contributed by atoms with E-state index in [1.165, 1.54) is 6.39 Å². The fourth-order valence-corrected chi connectivity index (χ4v) is 2.64. The van der Waals surface area contributed by atoms with E-state index in [0.29, 0.717) is 31.2 Å². The molecule has 2 aromatic rings. The lowest BCUT2D eigenvalue weighted by molar-refractivity contribution is 0.0613. The van der Waals surface area contributed by atoms with E-state index in [0.717, 1.165) is 25.4 Å². The average molecular weight is 315 g/mol. The number of rotatable bonds is 5. The molecule has 1 fully saturated rings. The molecule has 1 amide bonds. The van der Waals surface area contributed by atoms with Gasteiger partial charge in [0.15, 0.2) is 12.1 Å². The van der Waals surface area contributed by atoms with E-state index in [1.807, 2.05) is 35.2 Å². The van der Waals surface area contributed by atoms with Gasteiger partial charge in [0.05, 0.1) is 0 Å². The zero-order valence-electron chi connectivity index (χ0n) is 13.3. The highest BCUT2D eigenvalue weighted by Crippen LogP contribution is 2.12. The zero-order chi connectivity index (χ0) is 16.1. The summed E-state index contributed by atoms with van der Waals surface area (Å²) in [5.41, 5.74) is 0.422. The summed E-state index contributed by atoms with van der Waals surface area (Å²) in [5.74, 6) is 1.42. The molecule has 1 aromatic carbocycles. The third-order valence-electron chi connectivity index (χ3n) is 4.03. The van der Waals surface area contributed by atoms with Crippen molar-refractivity contribution in [3.05, 3.63) is 48.2 Å². The van der Waals surface area contributed by atoms with Crippen LogP contribution in [0.3, 0.4) is 0 Å². The number of hydrogen-bond donors (Lipinski definition) is 0. The Bertz CT molecular complexity index is 634. The number of aryl methyl sites for hydroxylation is 1. The van der Waals surface area contributed by atoms with Crippen LogP contribution >= 0.6 is 0 Å². The van der Waals surface area contributed by atoms with Crippen LogP contribution in [0.4, 0.5) is 0 Å². The van der Waals surface area contributed by atoms with Crippen molar-refractivity contribution < 1.29 is 13.9 Å². The molecule has 0 unspecified atom stereocenters.